The van der Waals surface area contributed by atoms with Crippen molar-refractivity contribution in [1.82, 2.24) is 0 Å². The van der Waals surface area contributed by atoms with E-state index in [0.29, 0.717) is 11.3 Å². The Balaban J connectivity index is 1.78. The number of fused-ring (bicyclic) bond motifs is 2. The lowest BCUT2D eigenvalue weighted by atomic mass is 9.63. The Labute approximate surface area is 117 Å². The van der Waals surface area contributed by atoms with E-state index in [2.05, 4.69) is 51.1 Å². The Hall–Kier alpha value is -0.820. The SMILES string of the molecule is CC1(C)[C@@H]2CC[C@@]1(C)[C@@](O)(CCc1ccccc1)C2. The molecule has 104 valence electrons. The average Bonchev–Trinajstić information content (AvgIpc) is 2.70. The van der Waals surface area contributed by atoms with Gasteiger partial charge in [0.15, 0.2) is 0 Å². The summed E-state index contributed by atoms with van der Waals surface area (Å²) in [5.41, 5.74) is 1.27. The highest BCUT2D eigenvalue weighted by atomic mass is 16.3. The minimum absolute atomic E-state index is 0.0967. The van der Waals surface area contributed by atoms with Crippen molar-refractivity contribution in [3.63, 3.8) is 0 Å². The van der Waals surface area contributed by atoms with Crippen LogP contribution in [-0.2, 0) is 6.42 Å². The molecule has 1 heteroatoms. The van der Waals surface area contributed by atoms with Gasteiger partial charge >= 0.3 is 0 Å². The highest BCUT2D eigenvalue weighted by molar-refractivity contribution is 5.20. The summed E-state index contributed by atoms with van der Waals surface area (Å²) in [5.74, 6) is 0.707. The molecule has 1 N–H and O–H groups in total. The predicted molar refractivity (Wildman–Crippen MR) is 78.9 cm³/mol. The summed E-state index contributed by atoms with van der Waals surface area (Å²) in [5, 5.41) is 11.2. The highest BCUT2D eigenvalue weighted by Gasteiger charge is 2.67. The van der Waals surface area contributed by atoms with E-state index in [1.165, 1.54) is 18.4 Å². The molecule has 3 atom stereocenters. The van der Waals surface area contributed by atoms with Gasteiger partial charge in [0.2, 0.25) is 0 Å². The maximum absolute atomic E-state index is 11.2. The Morgan fingerprint density at radius 2 is 1.84 bits per heavy atom. The number of hydrogen-bond acceptors (Lipinski definition) is 1. The lowest BCUT2D eigenvalue weighted by molar-refractivity contribution is -0.0943. The molecule has 0 amide bonds. The molecule has 19 heavy (non-hydrogen) atoms. The van der Waals surface area contributed by atoms with Crippen LogP contribution in [0, 0.1) is 16.7 Å². The second-order valence-corrected chi connectivity index (χ2v) is 7.51. The van der Waals surface area contributed by atoms with Gasteiger partial charge in [-0.2, -0.15) is 0 Å². The smallest absolute Gasteiger partial charge is 0.0712 e. The molecule has 2 saturated carbocycles. The van der Waals surface area contributed by atoms with Crippen molar-refractivity contribution in [3.8, 4) is 0 Å². The lowest BCUT2D eigenvalue weighted by Crippen LogP contribution is -2.47. The van der Waals surface area contributed by atoms with Crippen LogP contribution in [0.5, 0.6) is 0 Å². The Morgan fingerprint density at radius 3 is 2.37 bits per heavy atom. The van der Waals surface area contributed by atoms with Crippen molar-refractivity contribution in [2.75, 3.05) is 0 Å². The third-order valence-electron chi connectivity index (χ3n) is 6.72. The Kier molecular flexibility index (Phi) is 2.83. The van der Waals surface area contributed by atoms with E-state index in [1.54, 1.807) is 0 Å². The fourth-order valence-electron chi connectivity index (χ4n) is 4.79. The molecule has 2 fully saturated rings. The van der Waals surface area contributed by atoms with Crippen LogP contribution < -0.4 is 0 Å². The van der Waals surface area contributed by atoms with Crippen molar-refractivity contribution in [2.45, 2.75) is 58.5 Å². The minimum Gasteiger partial charge on any atom is -0.389 e. The number of rotatable bonds is 3. The van der Waals surface area contributed by atoms with Crippen LogP contribution in [-0.4, -0.2) is 10.7 Å². The van der Waals surface area contributed by atoms with Gasteiger partial charge < -0.3 is 5.11 Å². The van der Waals surface area contributed by atoms with E-state index in [1.807, 2.05) is 0 Å². The maximum atomic E-state index is 11.2. The summed E-state index contributed by atoms with van der Waals surface area (Å²) in [6, 6.07) is 10.6. The first-order valence-electron chi connectivity index (χ1n) is 7.65. The summed E-state index contributed by atoms with van der Waals surface area (Å²) in [7, 11) is 0. The van der Waals surface area contributed by atoms with E-state index >= 15 is 0 Å². The van der Waals surface area contributed by atoms with Gasteiger partial charge in [-0.1, -0.05) is 51.1 Å². The molecule has 0 heterocycles. The third kappa shape index (κ3) is 1.71. The molecular formula is C18H26O. The summed E-state index contributed by atoms with van der Waals surface area (Å²) >= 11 is 0. The second kappa shape index (κ2) is 4.09. The third-order valence-corrected chi connectivity index (χ3v) is 6.72. The molecule has 2 bridgehead atoms. The molecule has 0 aliphatic heterocycles. The first kappa shape index (κ1) is 13.2. The minimum atomic E-state index is -0.463. The fraction of sp³-hybridized carbons (Fsp3) is 0.667. The summed E-state index contributed by atoms with van der Waals surface area (Å²) < 4.78 is 0. The van der Waals surface area contributed by atoms with Crippen LogP contribution in [0.4, 0.5) is 0 Å². The molecule has 1 aromatic rings. The van der Waals surface area contributed by atoms with Crippen LogP contribution in [0.15, 0.2) is 30.3 Å². The number of benzene rings is 1. The molecule has 0 unspecified atom stereocenters. The number of aliphatic hydroxyl groups is 1. The van der Waals surface area contributed by atoms with Crippen LogP contribution in [0.1, 0.15) is 52.0 Å². The molecule has 0 spiro atoms. The van der Waals surface area contributed by atoms with Gasteiger partial charge in [0, 0.05) is 5.41 Å². The zero-order chi connectivity index (χ0) is 13.7. The number of hydrogen-bond donors (Lipinski definition) is 1. The van der Waals surface area contributed by atoms with Crippen molar-refractivity contribution in [2.24, 2.45) is 16.7 Å². The summed E-state index contributed by atoms with van der Waals surface area (Å²) in [6.07, 6.45) is 5.40. The van der Waals surface area contributed by atoms with Crippen LogP contribution in [0.25, 0.3) is 0 Å². The molecule has 3 rings (SSSR count). The molecule has 1 nitrogen and oxygen atoms in total. The fourth-order valence-corrected chi connectivity index (χ4v) is 4.79. The lowest BCUT2D eigenvalue weighted by Gasteiger charge is -2.45. The first-order valence-corrected chi connectivity index (χ1v) is 7.65. The van der Waals surface area contributed by atoms with E-state index in [-0.39, 0.29) is 5.41 Å². The standard InChI is InChI=1S/C18H26O/c1-16(2)15-10-11-17(16,3)18(19,13-15)12-9-14-7-5-4-6-8-14/h4-8,15,19H,9-13H2,1-3H3/t15-,17-,18-/m1/s1. The molecule has 0 aromatic heterocycles. The van der Waals surface area contributed by atoms with Gasteiger partial charge in [0.25, 0.3) is 0 Å². The zero-order valence-corrected chi connectivity index (χ0v) is 12.4. The largest absolute Gasteiger partial charge is 0.389 e. The molecular weight excluding hydrogens is 232 g/mol. The van der Waals surface area contributed by atoms with Gasteiger partial charge in [-0.3, -0.25) is 0 Å². The first-order chi connectivity index (χ1) is 8.89. The summed E-state index contributed by atoms with van der Waals surface area (Å²) in [4.78, 5) is 0. The van der Waals surface area contributed by atoms with E-state index < -0.39 is 5.60 Å². The molecule has 1 aromatic carbocycles. The molecule has 2 aliphatic rings. The summed E-state index contributed by atoms with van der Waals surface area (Å²) in [6.45, 7) is 7.06. The van der Waals surface area contributed by atoms with Crippen molar-refractivity contribution in [3.05, 3.63) is 35.9 Å². The quantitative estimate of drug-likeness (QED) is 0.861. The van der Waals surface area contributed by atoms with Crippen LogP contribution in [0.3, 0.4) is 0 Å². The normalized spacial score (nSPS) is 39.7. The zero-order valence-electron chi connectivity index (χ0n) is 12.4. The monoisotopic (exact) mass is 258 g/mol. The highest BCUT2D eigenvalue weighted by Crippen LogP contribution is 2.70. The molecule has 2 aliphatic carbocycles. The van der Waals surface area contributed by atoms with Crippen molar-refractivity contribution < 1.29 is 5.11 Å². The van der Waals surface area contributed by atoms with Crippen LogP contribution in [0.2, 0.25) is 0 Å². The topological polar surface area (TPSA) is 20.2 Å². The average molecular weight is 258 g/mol. The van der Waals surface area contributed by atoms with Gasteiger partial charge in [-0.25, -0.2) is 0 Å². The van der Waals surface area contributed by atoms with Gasteiger partial charge in [-0.05, 0) is 49.0 Å². The van der Waals surface area contributed by atoms with E-state index in [9.17, 15) is 5.11 Å². The van der Waals surface area contributed by atoms with E-state index in [4.69, 9.17) is 0 Å². The number of aryl methyl sites for hydroxylation is 1. The maximum Gasteiger partial charge on any atom is 0.0712 e. The Morgan fingerprint density at radius 1 is 1.16 bits per heavy atom. The Bertz CT molecular complexity index is 464. The predicted octanol–water partition coefficient (Wildman–Crippen LogP) is 4.20. The van der Waals surface area contributed by atoms with Crippen molar-refractivity contribution in [1.29, 1.82) is 0 Å². The van der Waals surface area contributed by atoms with E-state index in [0.717, 1.165) is 19.3 Å². The van der Waals surface area contributed by atoms with Crippen molar-refractivity contribution >= 4 is 0 Å². The molecule has 0 radical (unpaired) electrons. The van der Waals surface area contributed by atoms with Gasteiger partial charge in [0.1, 0.15) is 0 Å². The van der Waals surface area contributed by atoms with Gasteiger partial charge in [-0.15, -0.1) is 0 Å². The van der Waals surface area contributed by atoms with Gasteiger partial charge in [0.05, 0.1) is 5.60 Å². The second-order valence-electron chi connectivity index (χ2n) is 7.51. The molecule has 0 saturated heterocycles. The van der Waals surface area contributed by atoms with Crippen LogP contribution >= 0.6 is 0 Å².